The number of carbonyl (C=O) groups is 1. The summed E-state index contributed by atoms with van der Waals surface area (Å²) in [5, 5.41) is 2.85. The molecule has 6 nitrogen and oxygen atoms in total. The number of hydrogen-bond acceptors (Lipinski definition) is 5. The van der Waals surface area contributed by atoms with Gasteiger partial charge in [0, 0.05) is 13.1 Å². The number of benzene rings is 1. The van der Waals surface area contributed by atoms with Gasteiger partial charge < -0.3 is 10.1 Å². The zero-order valence-electron chi connectivity index (χ0n) is 10.1. The molecule has 0 spiro atoms. The van der Waals surface area contributed by atoms with Crippen molar-refractivity contribution in [3.05, 3.63) is 30.3 Å². The molecule has 1 aliphatic rings. The SMILES string of the molecule is O=C(NCCCOc1ccccc1)C1CNNN1. The van der Waals surface area contributed by atoms with Crippen molar-refractivity contribution in [3.8, 4) is 5.75 Å². The van der Waals surface area contributed by atoms with Gasteiger partial charge in [-0.15, -0.1) is 0 Å². The zero-order valence-corrected chi connectivity index (χ0v) is 10.1. The second kappa shape index (κ2) is 6.95. The largest absolute Gasteiger partial charge is 0.494 e. The molecule has 0 bridgehead atoms. The molecular weight excluding hydrogens is 232 g/mol. The lowest BCUT2D eigenvalue weighted by atomic mass is 10.3. The van der Waals surface area contributed by atoms with Crippen molar-refractivity contribution in [2.45, 2.75) is 12.5 Å². The number of carbonyl (C=O) groups excluding carboxylic acids is 1. The molecule has 0 aromatic heterocycles. The number of amides is 1. The van der Waals surface area contributed by atoms with Gasteiger partial charge in [0.1, 0.15) is 11.8 Å². The Kier molecular flexibility index (Phi) is 4.95. The summed E-state index contributed by atoms with van der Waals surface area (Å²) in [6.07, 6.45) is 0.786. The third kappa shape index (κ3) is 3.99. The summed E-state index contributed by atoms with van der Waals surface area (Å²) in [5.41, 5.74) is 8.34. The number of para-hydroxylation sites is 1. The molecule has 6 heteroatoms. The predicted octanol–water partition coefficient (Wildman–Crippen LogP) is -0.447. The lowest BCUT2D eigenvalue weighted by Crippen LogP contribution is -2.44. The van der Waals surface area contributed by atoms with E-state index < -0.39 is 0 Å². The van der Waals surface area contributed by atoms with Gasteiger partial charge in [0.25, 0.3) is 0 Å². The number of nitrogens with one attached hydrogen (secondary N) is 4. The Morgan fingerprint density at radius 3 is 2.94 bits per heavy atom. The first kappa shape index (κ1) is 12.8. The van der Waals surface area contributed by atoms with Crippen LogP contribution >= 0.6 is 0 Å². The third-order valence-corrected chi connectivity index (χ3v) is 2.59. The summed E-state index contributed by atoms with van der Waals surface area (Å²) in [7, 11) is 0. The Labute approximate surface area is 106 Å². The van der Waals surface area contributed by atoms with Crippen LogP contribution in [-0.2, 0) is 4.79 Å². The maximum absolute atomic E-state index is 11.6. The molecule has 1 unspecified atom stereocenters. The summed E-state index contributed by atoms with van der Waals surface area (Å²) in [6.45, 7) is 1.80. The monoisotopic (exact) mass is 250 g/mol. The summed E-state index contributed by atoms with van der Waals surface area (Å²) in [4.78, 5) is 11.6. The van der Waals surface area contributed by atoms with Gasteiger partial charge in [0.2, 0.25) is 5.91 Å². The van der Waals surface area contributed by atoms with Crippen LogP contribution < -0.4 is 26.4 Å². The number of hydrogen-bond donors (Lipinski definition) is 4. The lowest BCUT2D eigenvalue weighted by molar-refractivity contribution is -0.122. The van der Waals surface area contributed by atoms with Crippen LogP contribution in [0.1, 0.15) is 6.42 Å². The molecule has 0 aliphatic carbocycles. The Bertz CT molecular complexity index is 366. The van der Waals surface area contributed by atoms with Crippen molar-refractivity contribution >= 4 is 5.91 Å². The molecule has 1 saturated heterocycles. The fourth-order valence-electron chi connectivity index (χ4n) is 1.61. The molecule has 18 heavy (non-hydrogen) atoms. The first-order valence-electron chi connectivity index (χ1n) is 6.05. The standard InChI is InChI=1S/C12H18N4O2/c17-12(11-9-14-16-15-11)13-7-4-8-18-10-5-2-1-3-6-10/h1-3,5-6,11,14-16H,4,7-9H2,(H,13,17). The molecule has 1 fully saturated rings. The van der Waals surface area contributed by atoms with E-state index in [1.165, 1.54) is 0 Å². The van der Waals surface area contributed by atoms with Crippen molar-refractivity contribution in [3.63, 3.8) is 0 Å². The molecule has 1 atom stereocenters. The zero-order chi connectivity index (χ0) is 12.6. The maximum atomic E-state index is 11.6. The fraction of sp³-hybridized carbons (Fsp3) is 0.417. The van der Waals surface area contributed by atoms with Crippen LogP contribution in [-0.4, -0.2) is 31.6 Å². The van der Waals surface area contributed by atoms with E-state index in [4.69, 9.17) is 4.74 Å². The molecule has 1 aromatic rings. The average Bonchev–Trinajstić information content (AvgIpc) is 2.93. The van der Waals surface area contributed by atoms with Crippen molar-refractivity contribution < 1.29 is 9.53 Å². The third-order valence-electron chi connectivity index (χ3n) is 2.59. The van der Waals surface area contributed by atoms with E-state index in [0.29, 0.717) is 19.7 Å². The summed E-state index contributed by atoms with van der Waals surface area (Å²) < 4.78 is 5.52. The van der Waals surface area contributed by atoms with Crippen LogP contribution in [0.3, 0.4) is 0 Å². The first-order chi connectivity index (χ1) is 8.86. The van der Waals surface area contributed by atoms with Crippen LogP contribution in [0.5, 0.6) is 5.75 Å². The maximum Gasteiger partial charge on any atom is 0.239 e. The average molecular weight is 250 g/mol. The second-order valence-electron chi connectivity index (χ2n) is 4.01. The van der Waals surface area contributed by atoms with Crippen LogP contribution in [0.2, 0.25) is 0 Å². The van der Waals surface area contributed by atoms with Crippen LogP contribution in [0.4, 0.5) is 0 Å². The number of hydrazine groups is 2. The van der Waals surface area contributed by atoms with Crippen LogP contribution in [0, 0.1) is 0 Å². The highest BCUT2D eigenvalue weighted by Crippen LogP contribution is 2.07. The number of ether oxygens (including phenoxy) is 1. The van der Waals surface area contributed by atoms with E-state index in [1.807, 2.05) is 30.3 Å². The summed E-state index contributed by atoms with van der Waals surface area (Å²) in [6, 6.07) is 9.44. The van der Waals surface area contributed by atoms with Gasteiger partial charge in [-0.3, -0.25) is 4.79 Å². The Morgan fingerprint density at radius 2 is 2.22 bits per heavy atom. The highest BCUT2D eigenvalue weighted by molar-refractivity contribution is 5.82. The van der Waals surface area contributed by atoms with Gasteiger partial charge in [-0.25, -0.2) is 10.9 Å². The molecule has 0 radical (unpaired) electrons. The molecule has 1 amide bonds. The van der Waals surface area contributed by atoms with Gasteiger partial charge in [-0.1, -0.05) is 18.2 Å². The van der Waals surface area contributed by atoms with Crippen LogP contribution in [0.25, 0.3) is 0 Å². The van der Waals surface area contributed by atoms with Crippen molar-refractivity contribution in [1.29, 1.82) is 0 Å². The first-order valence-corrected chi connectivity index (χ1v) is 6.05. The van der Waals surface area contributed by atoms with E-state index in [1.54, 1.807) is 0 Å². The van der Waals surface area contributed by atoms with Gasteiger partial charge in [-0.05, 0) is 18.6 Å². The van der Waals surface area contributed by atoms with Crippen molar-refractivity contribution in [1.82, 2.24) is 21.7 Å². The molecule has 4 N–H and O–H groups in total. The molecule has 1 aliphatic heterocycles. The molecular formula is C12H18N4O2. The summed E-state index contributed by atoms with van der Waals surface area (Å²) in [5.74, 6) is 0.849. The van der Waals surface area contributed by atoms with Gasteiger partial charge in [0.15, 0.2) is 0 Å². The molecule has 0 saturated carbocycles. The van der Waals surface area contributed by atoms with Gasteiger partial charge >= 0.3 is 0 Å². The topological polar surface area (TPSA) is 74.4 Å². The second-order valence-corrected chi connectivity index (χ2v) is 4.01. The van der Waals surface area contributed by atoms with Crippen molar-refractivity contribution in [2.24, 2.45) is 0 Å². The molecule has 98 valence electrons. The normalized spacial score (nSPS) is 18.6. The van der Waals surface area contributed by atoms with E-state index in [-0.39, 0.29) is 11.9 Å². The van der Waals surface area contributed by atoms with Gasteiger partial charge in [0.05, 0.1) is 6.61 Å². The van der Waals surface area contributed by atoms with E-state index >= 15 is 0 Å². The minimum atomic E-state index is -0.208. The minimum Gasteiger partial charge on any atom is -0.494 e. The smallest absolute Gasteiger partial charge is 0.239 e. The molecule has 1 aromatic carbocycles. The highest BCUT2D eigenvalue weighted by atomic mass is 16.5. The quantitative estimate of drug-likeness (QED) is 0.515. The van der Waals surface area contributed by atoms with Crippen molar-refractivity contribution in [2.75, 3.05) is 19.7 Å². The van der Waals surface area contributed by atoms with Gasteiger partial charge in [-0.2, -0.15) is 5.53 Å². The van der Waals surface area contributed by atoms with E-state index in [2.05, 4.69) is 21.7 Å². The molecule has 2 rings (SSSR count). The van der Waals surface area contributed by atoms with E-state index in [9.17, 15) is 4.79 Å². The highest BCUT2D eigenvalue weighted by Gasteiger charge is 2.20. The molecule has 1 heterocycles. The Hall–Kier alpha value is -1.63. The summed E-state index contributed by atoms with van der Waals surface area (Å²) >= 11 is 0. The minimum absolute atomic E-state index is 0.00721. The number of rotatable bonds is 6. The van der Waals surface area contributed by atoms with Crippen LogP contribution in [0.15, 0.2) is 30.3 Å². The predicted molar refractivity (Wildman–Crippen MR) is 67.6 cm³/mol. The Balaban J connectivity index is 1.54. The lowest BCUT2D eigenvalue weighted by Gasteiger charge is -2.10. The Morgan fingerprint density at radius 1 is 1.39 bits per heavy atom. The van der Waals surface area contributed by atoms with E-state index in [0.717, 1.165) is 12.2 Å². The fourth-order valence-corrected chi connectivity index (χ4v) is 1.61.